The summed E-state index contributed by atoms with van der Waals surface area (Å²) in [6.45, 7) is 1.89. The first-order valence-electron chi connectivity index (χ1n) is 5.53. The maximum absolute atomic E-state index is 12.0. The van der Waals surface area contributed by atoms with E-state index < -0.39 is 16.2 Å². The van der Waals surface area contributed by atoms with Crippen LogP contribution in [-0.4, -0.2) is 19.3 Å². The van der Waals surface area contributed by atoms with Crippen LogP contribution in [0.25, 0.3) is 0 Å². The van der Waals surface area contributed by atoms with E-state index in [9.17, 15) is 14.9 Å². The Hall–Kier alpha value is -1.67. The first kappa shape index (κ1) is 14.7. The van der Waals surface area contributed by atoms with Gasteiger partial charge in [-0.25, -0.2) is 0 Å². The van der Waals surface area contributed by atoms with Crippen LogP contribution in [0.3, 0.4) is 0 Å². The molecule has 0 bridgehead atoms. The molecule has 2 aromatic rings. The van der Waals surface area contributed by atoms with Gasteiger partial charge in [-0.15, -0.1) is 0 Å². The van der Waals surface area contributed by atoms with E-state index in [-0.39, 0.29) is 6.54 Å². The van der Waals surface area contributed by atoms with Crippen LogP contribution in [0.15, 0.2) is 21.5 Å². The Morgan fingerprint density at radius 3 is 2.70 bits per heavy atom. The van der Waals surface area contributed by atoms with E-state index in [1.54, 1.807) is 14.0 Å². The largest absolute Gasteiger partial charge is 0.335 e. The minimum Gasteiger partial charge on any atom is -0.304 e. The smallest absolute Gasteiger partial charge is 0.304 e. The number of hydrogen-bond donors (Lipinski definition) is 0. The fourth-order valence-corrected chi connectivity index (χ4v) is 2.55. The van der Waals surface area contributed by atoms with Gasteiger partial charge >= 0.3 is 11.2 Å². The van der Waals surface area contributed by atoms with Gasteiger partial charge in [0.25, 0.3) is 0 Å². The van der Waals surface area contributed by atoms with Crippen LogP contribution >= 0.6 is 27.5 Å². The highest BCUT2D eigenvalue weighted by Gasteiger charge is 2.18. The van der Waals surface area contributed by atoms with Crippen molar-refractivity contribution in [2.24, 2.45) is 7.05 Å². The average molecular weight is 362 g/mol. The number of nitro groups is 1. The van der Waals surface area contributed by atoms with E-state index >= 15 is 0 Å². The Labute approximate surface area is 127 Å². The maximum Gasteiger partial charge on any atom is 0.335 e. The minimum atomic E-state index is -0.707. The van der Waals surface area contributed by atoms with Crippen molar-refractivity contribution < 1.29 is 4.92 Å². The third kappa shape index (κ3) is 2.61. The zero-order valence-electron chi connectivity index (χ0n) is 10.6. The minimum absolute atomic E-state index is 0.123. The molecule has 0 spiro atoms. The number of pyridine rings is 1. The van der Waals surface area contributed by atoms with Gasteiger partial charge in [0.15, 0.2) is 0 Å². The SMILES string of the molecule is Cc1nn(C)c(Cl)c1Cn1cc(Br)cc([N+](=O)[O-])c1=O. The number of hydrogen-bond acceptors (Lipinski definition) is 4. The van der Waals surface area contributed by atoms with Gasteiger partial charge in [-0.1, -0.05) is 11.6 Å². The molecule has 0 aromatic carbocycles. The number of aryl methyl sites for hydroxylation is 2. The molecule has 2 rings (SSSR count). The first-order valence-corrected chi connectivity index (χ1v) is 6.70. The lowest BCUT2D eigenvalue weighted by Gasteiger charge is -2.06. The second-order valence-electron chi connectivity index (χ2n) is 4.21. The van der Waals surface area contributed by atoms with Gasteiger partial charge in [-0.3, -0.25) is 19.6 Å². The van der Waals surface area contributed by atoms with Crippen LogP contribution in [0, 0.1) is 17.0 Å². The highest BCUT2D eigenvalue weighted by molar-refractivity contribution is 9.10. The molecule has 7 nitrogen and oxygen atoms in total. The molecule has 20 heavy (non-hydrogen) atoms. The average Bonchev–Trinajstić information content (AvgIpc) is 2.59. The third-order valence-electron chi connectivity index (χ3n) is 2.83. The van der Waals surface area contributed by atoms with Gasteiger partial charge < -0.3 is 4.57 Å². The standard InChI is InChI=1S/C11H10BrClN4O3/c1-6-8(10(13)15(2)14-6)5-16-4-7(12)3-9(11(16)18)17(19)20/h3-4H,5H2,1-2H3. The molecule has 0 atom stereocenters. The topological polar surface area (TPSA) is 83.0 Å². The van der Waals surface area contributed by atoms with E-state index in [1.807, 2.05) is 0 Å². The van der Waals surface area contributed by atoms with Crippen molar-refractivity contribution >= 4 is 33.2 Å². The highest BCUT2D eigenvalue weighted by atomic mass is 79.9. The molecule has 0 aliphatic heterocycles. The number of halogens is 2. The van der Waals surface area contributed by atoms with E-state index in [0.717, 1.165) is 0 Å². The van der Waals surface area contributed by atoms with Crippen molar-refractivity contribution in [1.82, 2.24) is 14.3 Å². The fourth-order valence-electron chi connectivity index (χ4n) is 1.86. The van der Waals surface area contributed by atoms with Crippen molar-refractivity contribution in [3.63, 3.8) is 0 Å². The van der Waals surface area contributed by atoms with Crippen molar-refractivity contribution in [2.45, 2.75) is 13.5 Å². The van der Waals surface area contributed by atoms with Crippen LogP contribution in [0.2, 0.25) is 5.15 Å². The van der Waals surface area contributed by atoms with E-state index in [0.29, 0.717) is 20.9 Å². The van der Waals surface area contributed by atoms with Gasteiger partial charge in [-0.05, 0) is 22.9 Å². The molecule has 9 heteroatoms. The van der Waals surface area contributed by atoms with Gasteiger partial charge in [0.1, 0.15) is 5.15 Å². The summed E-state index contributed by atoms with van der Waals surface area (Å²) in [6, 6.07) is 1.18. The fraction of sp³-hybridized carbons (Fsp3) is 0.273. The molecule has 0 aliphatic rings. The summed E-state index contributed by atoms with van der Waals surface area (Å²) in [5.74, 6) is 0. The zero-order chi connectivity index (χ0) is 15.0. The molecule has 2 heterocycles. The molecular weight excluding hydrogens is 352 g/mol. The van der Waals surface area contributed by atoms with Crippen molar-refractivity contribution in [2.75, 3.05) is 0 Å². The summed E-state index contributed by atoms with van der Waals surface area (Å²) < 4.78 is 3.17. The van der Waals surface area contributed by atoms with E-state index in [2.05, 4.69) is 21.0 Å². The molecule has 0 N–H and O–H groups in total. The lowest BCUT2D eigenvalue weighted by atomic mass is 10.2. The Kier molecular flexibility index (Phi) is 3.96. The molecule has 0 saturated heterocycles. The summed E-state index contributed by atoms with van der Waals surface area (Å²) in [5, 5.41) is 15.4. The second-order valence-corrected chi connectivity index (χ2v) is 5.49. The molecule has 2 aromatic heterocycles. The summed E-state index contributed by atoms with van der Waals surface area (Å²) in [6.07, 6.45) is 1.48. The van der Waals surface area contributed by atoms with Gasteiger partial charge in [0.2, 0.25) is 0 Å². The van der Waals surface area contributed by atoms with Gasteiger partial charge in [0, 0.05) is 29.3 Å². The lowest BCUT2D eigenvalue weighted by Crippen LogP contribution is -2.23. The Morgan fingerprint density at radius 2 is 2.20 bits per heavy atom. The van der Waals surface area contributed by atoms with E-state index in [4.69, 9.17) is 11.6 Å². The first-order chi connectivity index (χ1) is 9.31. The maximum atomic E-state index is 12.0. The van der Waals surface area contributed by atoms with E-state index in [1.165, 1.54) is 21.5 Å². The molecular formula is C11H10BrClN4O3. The van der Waals surface area contributed by atoms with Gasteiger partial charge in [-0.2, -0.15) is 5.10 Å². The molecule has 0 amide bonds. The highest BCUT2D eigenvalue weighted by Crippen LogP contribution is 2.21. The summed E-state index contributed by atoms with van der Waals surface area (Å²) in [7, 11) is 1.69. The van der Waals surface area contributed by atoms with Gasteiger partial charge in [0.05, 0.1) is 17.2 Å². The molecule has 0 fully saturated rings. The lowest BCUT2D eigenvalue weighted by molar-refractivity contribution is -0.386. The number of rotatable bonds is 3. The van der Waals surface area contributed by atoms with Crippen LogP contribution < -0.4 is 5.56 Å². The monoisotopic (exact) mass is 360 g/mol. The molecule has 0 aliphatic carbocycles. The van der Waals surface area contributed by atoms with Crippen molar-refractivity contribution in [1.29, 1.82) is 0 Å². The summed E-state index contributed by atoms with van der Waals surface area (Å²) in [5.41, 5.74) is 0.158. The Morgan fingerprint density at radius 1 is 1.55 bits per heavy atom. The van der Waals surface area contributed by atoms with Crippen molar-refractivity contribution in [3.8, 4) is 0 Å². The number of nitrogens with zero attached hydrogens (tertiary/aromatic N) is 4. The Bertz CT molecular complexity index is 753. The number of aromatic nitrogens is 3. The summed E-state index contributed by atoms with van der Waals surface area (Å²) >= 11 is 9.25. The van der Waals surface area contributed by atoms with Crippen LogP contribution in [0.5, 0.6) is 0 Å². The normalized spacial score (nSPS) is 10.8. The Balaban J connectivity index is 2.54. The van der Waals surface area contributed by atoms with Crippen molar-refractivity contribution in [3.05, 3.63) is 53.6 Å². The predicted molar refractivity (Wildman–Crippen MR) is 77.1 cm³/mol. The quantitative estimate of drug-likeness (QED) is 0.620. The van der Waals surface area contributed by atoms with Crippen LogP contribution in [0.1, 0.15) is 11.3 Å². The molecule has 0 saturated carbocycles. The molecule has 0 radical (unpaired) electrons. The summed E-state index contributed by atoms with van der Waals surface area (Å²) in [4.78, 5) is 22.2. The predicted octanol–water partition coefficient (Wildman–Crippen LogP) is 2.26. The van der Waals surface area contributed by atoms with Crippen LogP contribution in [-0.2, 0) is 13.6 Å². The second kappa shape index (κ2) is 5.37. The zero-order valence-corrected chi connectivity index (χ0v) is 13.0. The molecule has 106 valence electrons. The van der Waals surface area contributed by atoms with Crippen LogP contribution in [0.4, 0.5) is 5.69 Å². The molecule has 0 unspecified atom stereocenters. The third-order valence-corrected chi connectivity index (χ3v) is 3.74.